The fraction of sp³-hybridized carbons (Fsp3) is 0.438. The van der Waals surface area contributed by atoms with Crippen molar-refractivity contribution in [1.29, 1.82) is 0 Å². The smallest absolute Gasteiger partial charge is 0.180 e. The molecule has 2 aromatic rings. The van der Waals surface area contributed by atoms with E-state index in [0.717, 1.165) is 30.4 Å². The van der Waals surface area contributed by atoms with Gasteiger partial charge in [0, 0.05) is 11.9 Å². The Kier molecular flexibility index (Phi) is 3.36. The van der Waals surface area contributed by atoms with Crippen LogP contribution in [0.25, 0.3) is 11.0 Å². The van der Waals surface area contributed by atoms with Crippen molar-refractivity contribution in [3.63, 3.8) is 0 Å². The van der Waals surface area contributed by atoms with Gasteiger partial charge in [-0.2, -0.15) is 0 Å². The summed E-state index contributed by atoms with van der Waals surface area (Å²) >= 11 is 0. The number of ketones is 1. The Labute approximate surface area is 118 Å². The van der Waals surface area contributed by atoms with Crippen molar-refractivity contribution in [3.05, 3.63) is 36.1 Å². The zero-order chi connectivity index (χ0) is 14.2. The molecule has 4 heteroatoms. The molecule has 0 bridgehead atoms. The molecule has 0 radical (unpaired) electrons. The van der Waals surface area contributed by atoms with Crippen LogP contribution in [0.5, 0.6) is 0 Å². The minimum absolute atomic E-state index is 0.0488. The summed E-state index contributed by atoms with van der Waals surface area (Å²) in [5.41, 5.74) is 0.684. The van der Waals surface area contributed by atoms with Crippen LogP contribution in [0.1, 0.15) is 30.1 Å². The van der Waals surface area contributed by atoms with Crippen LogP contribution in [-0.2, 0) is 0 Å². The van der Waals surface area contributed by atoms with Gasteiger partial charge in [-0.3, -0.25) is 9.69 Å². The monoisotopic (exact) mass is 273 g/mol. The zero-order valence-electron chi connectivity index (χ0n) is 11.6. The Balaban J connectivity index is 1.76. The number of furan rings is 1. The molecule has 1 aromatic heterocycles. The highest BCUT2D eigenvalue weighted by atomic mass is 16.3. The number of piperidine rings is 1. The Hall–Kier alpha value is -1.65. The number of carbonyl (C=O) groups is 1. The Morgan fingerprint density at radius 2 is 2.25 bits per heavy atom. The van der Waals surface area contributed by atoms with E-state index in [-0.39, 0.29) is 5.78 Å². The molecule has 1 atom stereocenters. The largest absolute Gasteiger partial charge is 0.464 e. The molecular formula is C16H19NO3. The number of aliphatic hydroxyl groups is 1. The molecular weight excluding hydrogens is 254 g/mol. The molecule has 0 aliphatic carbocycles. The van der Waals surface area contributed by atoms with E-state index in [1.807, 2.05) is 36.1 Å². The second-order valence-corrected chi connectivity index (χ2v) is 5.88. The second-order valence-electron chi connectivity index (χ2n) is 5.88. The van der Waals surface area contributed by atoms with Crippen LogP contribution in [0.4, 0.5) is 0 Å². The number of benzene rings is 1. The Morgan fingerprint density at radius 1 is 1.45 bits per heavy atom. The topological polar surface area (TPSA) is 53.7 Å². The van der Waals surface area contributed by atoms with Gasteiger partial charge in [0.2, 0.25) is 0 Å². The molecule has 2 heterocycles. The molecule has 20 heavy (non-hydrogen) atoms. The number of carbonyl (C=O) groups excluding carboxylic acids is 1. The van der Waals surface area contributed by atoms with Gasteiger partial charge in [-0.15, -0.1) is 0 Å². The molecule has 106 valence electrons. The lowest BCUT2D eigenvalue weighted by atomic mass is 9.95. The van der Waals surface area contributed by atoms with Crippen LogP contribution >= 0.6 is 0 Å². The maximum absolute atomic E-state index is 12.4. The van der Waals surface area contributed by atoms with Crippen LogP contribution in [0.2, 0.25) is 0 Å². The van der Waals surface area contributed by atoms with Gasteiger partial charge in [0.25, 0.3) is 0 Å². The van der Waals surface area contributed by atoms with Crippen LogP contribution < -0.4 is 0 Å². The van der Waals surface area contributed by atoms with Gasteiger partial charge in [0.1, 0.15) is 11.8 Å². The van der Waals surface area contributed by atoms with Crippen LogP contribution in [-0.4, -0.2) is 41.0 Å². The van der Waals surface area contributed by atoms with Gasteiger partial charge in [0.05, 0.1) is 17.7 Å². The molecule has 1 aliphatic rings. The third-order valence-electron chi connectivity index (χ3n) is 3.90. The number of nitrogens with zero attached hydrogens (tertiary/aromatic N) is 1. The number of β-amino-alcohol motifs (C(OH)–C–C–N with tert-alkyl or cyclic N) is 1. The SMILES string of the molecule is CC1(O)CCCN(CC(=O)c2coc3ccccc23)C1. The minimum atomic E-state index is -0.684. The number of rotatable bonds is 3. The Bertz CT molecular complexity index is 629. The zero-order valence-corrected chi connectivity index (χ0v) is 11.6. The first-order chi connectivity index (χ1) is 9.55. The molecule has 0 spiro atoms. The molecule has 1 N–H and O–H groups in total. The first-order valence-corrected chi connectivity index (χ1v) is 6.99. The molecule has 1 aliphatic heterocycles. The average Bonchev–Trinajstić information content (AvgIpc) is 2.81. The van der Waals surface area contributed by atoms with Crippen LogP contribution in [0.15, 0.2) is 34.9 Å². The van der Waals surface area contributed by atoms with E-state index in [0.29, 0.717) is 18.7 Å². The fourth-order valence-corrected chi connectivity index (χ4v) is 2.94. The number of hydrogen-bond acceptors (Lipinski definition) is 4. The maximum Gasteiger partial charge on any atom is 0.180 e. The van der Waals surface area contributed by atoms with Crippen molar-refractivity contribution in [2.24, 2.45) is 0 Å². The highest BCUT2D eigenvalue weighted by Gasteiger charge is 2.29. The third-order valence-corrected chi connectivity index (χ3v) is 3.90. The van der Waals surface area contributed by atoms with Gasteiger partial charge < -0.3 is 9.52 Å². The van der Waals surface area contributed by atoms with E-state index in [4.69, 9.17) is 4.42 Å². The molecule has 1 aromatic carbocycles. The van der Waals surface area contributed by atoms with E-state index in [2.05, 4.69) is 0 Å². The molecule has 1 unspecified atom stereocenters. The molecule has 3 rings (SSSR count). The quantitative estimate of drug-likeness (QED) is 0.873. The number of likely N-dealkylation sites (tertiary alicyclic amines) is 1. The second kappa shape index (κ2) is 5.04. The van der Waals surface area contributed by atoms with E-state index in [1.165, 1.54) is 6.26 Å². The summed E-state index contributed by atoms with van der Waals surface area (Å²) in [5.74, 6) is 0.0488. The van der Waals surface area contributed by atoms with Gasteiger partial charge in [-0.1, -0.05) is 18.2 Å². The minimum Gasteiger partial charge on any atom is -0.464 e. The average molecular weight is 273 g/mol. The van der Waals surface area contributed by atoms with E-state index < -0.39 is 5.60 Å². The first kappa shape index (κ1) is 13.3. The molecule has 1 saturated heterocycles. The lowest BCUT2D eigenvalue weighted by Crippen LogP contribution is -2.47. The van der Waals surface area contributed by atoms with Gasteiger partial charge >= 0.3 is 0 Å². The van der Waals surface area contributed by atoms with Gasteiger partial charge in [-0.05, 0) is 32.4 Å². The van der Waals surface area contributed by atoms with Crippen molar-refractivity contribution in [1.82, 2.24) is 4.90 Å². The lowest BCUT2D eigenvalue weighted by Gasteiger charge is -2.36. The van der Waals surface area contributed by atoms with Gasteiger partial charge in [0.15, 0.2) is 5.78 Å². The molecule has 4 nitrogen and oxygen atoms in total. The highest BCUT2D eigenvalue weighted by molar-refractivity contribution is 6.08. The van der Waals surface area contributed by atoms with Crippen molar-refractivity contribution < 1.29 is 14.3 Å². The molecule has 0 saturated carbocycles. The van der Waals surface area contributed by atoms with E-state index in [1.54, 1.807) is 0 Å². The lowest BCUT2D eigenvalue weighted by molar-refractivity contribution is -0.0132. The van der Waals surface area contributed by atoms with E-state index in [9.17, 15) is 9.90 Å². The molecule has 1 fully saturated rings. The molecule has 0 amide bonds. The summed E-state index contributed by atoms with van der Waals surface area (Å²) in [5, 5.41) is 11.0. The summed E-state index contributed by atoms with van der Waals surface area (Å²) in [7, 11) is 0. The van der Waals surface area contributed by atoms with Gasteiger partial charge in [-0.25, -0.2) is 0 Å². The summed E-state index contributed by atoms with van der Waals surface area (Å²) in [6.07, 6.45) is 3.26. The van der Waals surface area contributed by atoms with Crippen molar-refractivity contribution in [2.45, 2.75) is 25.4 Å². The normalized spacial score (nSPS) is 24.1. The third kappa shape index (κ3) is 2.62. The Morgan fingerprint density at radius 3 is 3.05 bits per heavy atom. The standard InChI is InChI=1S/C16H19NO3/c1-16(19)7-4-8-17(11-16)9-14(18)13-10-20-15-6-3-2-5-12(13)15/h2-3,5-6,10,19H,4,7-9,11H2,1H3. The first-order valence-electron chi connectivity index (χ1n) is 6.99. The van der Waals surface area contributed by atoms with Crippen LogP contribution in [0.3, 0.4) is 0 Å². The summed E-state index contributed by atoms with van der Waals surface area (Å²) < 4.78 is 5.41. The number of fused-ring (bicyclic) bond motifs is 1. The number of para-hydroxylation sites is 1. The summed E-state index contributed by atoms with van der Waals surface area (Å²) in [4.78, 5) is 14.4. The van der Waals surface area contributed by atoms with Crippen molar-refractivity contribution >= 4 is 16.8 Å². The van der Waals surface area contributed by atoms with Crippen molar-refractivity contribution in [2.75, 3.05) is 19.6 Å². The summed E-state index contributed by atoms with van der Waals surface area (Å²) in [6, 6.07) is 7.55. The number of Topliss-reactive ketones (excluding diaryl/α,β-unsaturated/α-hetero) is 1. The van der Waals surface area contributed by atoms with E-state index >= 15 is 0 Å². The summed E-state index contributed by atoms with van der Waals surface area (Å²) in [6.45, 7) is 3.57. The maximum atomic E-state index is 12.4. The fourth-order valence-electron chi connectivity index (χ4n) is 2.94. The highest BCUT2D eigenvalue weighted by Crippen LogP contribution is 2.23. The number of hydrogen-bond donors (Lipinski definition) is 1. The predicted molar refractivity (Wildman–Crippen MR) is 76.8 cm³/mol. The van der Waals surface area contributed by atoms with Crippen LogP contribution in [0, 0.1) is 0 Å². The van der Waals surface area contributed by atoms with Crippen molar-refractivity contribution in [3.8, 4) is 0 Å². The predicted octanol–water partition coefficient (Wildman–Crippen LogP) is 2.46.